The molecule has 1 aliphatic rings. The summed E-state index contributed by atoms with van der Waals surface area (Å²) < 4.78 is 0. The number of rotatable bonds is 7. The van der Waals surface area contributed by atoms with E-state index in [4.69, 9.17) is 0 Å². The van der Waals surface area contributed by atoms with Crippen LogP contribution in [-0.2, 0) is 5.41 Å². The van der Waals surface area contributed by atoms with Crippen molar-refractivity contribution in [1.29, 1.82) is 0 Å². The van der Waals surface area contributed by atoms with E-state index in [1.165, 1.54) is 99.8 Å². The van der Waals surface area contributed by atoms with Crippen LogP contribution in [0, 0.1) is 0 Å². The van der Waals surface area contributed by atoms with Gasteiger partial charge >= 0.3 is 0 Å². The van der Waals surface area contributed by atoms with Crippen molar-refractivity contribution in [3.05, 3.63) is 265 Å². The van der Waals surface area contributed by atoms with Gasteiger partial charge in [0, 0.05) is 0 Å². The largest absolute Gasteiger partial charge is 0.0714 e. The van der Waals surface area contributed by atoms with E-state index in [1.54, 1.807) is 0 Å². The highest BCUT2D eigenvalue weighted by Crippen LogP contribution is 2.59. The van der Waals surface area contributed by atoms with Crippen LogP contribution >= 0.6 is 0 Å². The zero-order chi connectivity index (χ0) is 39.2. The van der Waals surface area contributed by atoms with Crippen LogP contribution in [0.4, 0.5) is 0 Å². The summed E-state index contributed by atoms with van der Waals surface area (Å²) in [4.78, 5) is 0. The van der Waals surface area contributed by atoms with Gasteiger partial charge in [-0.2, -0.15) is 0 Å². The first kappa shape index (κ1) is 34.7. The Hall–Kier alpha value is -7.54. The lowest BCUT2D eigenvalue weighted by atomic mass is 9.67. The number of benzene rings is 10. The van der Waals surface area contributed by atoms with Crippen LogP contribution in [0.15, 0.2) is 243 Å². The second-order valence-corrected chi connectivity index (χ2v) is 15.6. The smallest absolute Gasteiger partial charge is 0.0622 e. The van der Waals surface area contributed by atoms with E-state index in [2.05, 4.69) is 243 Å². The molecular weight excluding hydrogens is 709 g/mol. The second-order valence-electron chi connectivity index (χ2n) is 15.6. The number of fused-ring (bicyclic) bond motifs is 5. The molecule has 0 atom stereocenters. The third kappa shape index (κ3) is 5.84. The molecule has 0 saturated heterocycles. The first-order valence-corrected chi connectivity index (χ1v) is 20.5. The summed E-state index contributed by atoms with van der Waals surface area (Å²) in [6, 6.07) is 89.5. The Kier molecular flexibility index (Phi) is 8.49. The summed E-state index contributed by atoms with van der Waals surface area (Å²) in [5.41, 5.74) is 19.2. The third-order valence-electron chi connectivity index (χ3n) is 12.3. The maximum Gasteiger partial charge on any atom is 0.0714 e. The van der Waals surface area contributed by atoms with Crippen LogP contribution in [0.25, 0.3) is 77.5 Å². The lowest BCUT2D eigenvalue weighted by molar-refractivity contribution is 0.769. The van der Waals surface area contributed by atoms with Crippen molar-refractivity contribution in [3.8, 4) is 66.8 Å². The molecule has 0 radical (unpaired) electrons. The summed E-state index contributed by atoms with van der Waals surface area (Å²) in [5.74, 6) is 0. The quantitative estimate of drug-likeness (QED) is 0.152. The Balaban J connectivity index is 1.22. The van der Waals surface area contributed by atoms with E-state index in [1.807, 2.05) is 0 Å². The molecule has 1 aliphatic carbocycles. The van der Waals surface area contributed by atoms with E-state index in [-0.39, 0.29) is 0 Å². The van der Waals surface area contributed by atoms with E-state index in [0.717, 1.165) is 0 Å². The van der Waals surface area contributed by atoms with Crippen molar-refractivity contribution in [2.24, 2.45) is 0 Å². The van der Waals surface area contributed by atoms with E-state index in [9.17, 15) is 0 Å². The minimum absolute atomic E-state index is 0.585. The van der Waals surface area contributed by atoms with Gasteiger partial charge < -0.3 is 0 Å². The van der Waals surface area contributed by atoms with Gasteiger partial charge in [-0.15, -0.1) is 0 Å². The maximum atomic E-state index is 2.53. The molecule has 276 valence electrons. The summed E-state index contributed by atoms with van der Waals surface area (Å²) in [5, 5.41) is 2.51. The van der Waals surface area contributed by atoms with E-state index in [0.29, 0.717) is 0 Å². The molecular formula is C59H40. The van der Waals surface area contributed by atoms with Crippen molar-refractivity contribution in [2.75, 3.05) is 0 Å². The Morgan fingerprint density at radius 1 is 0.220 bits per heavy atom. The molecule has 0 amide bonds. The zero-order valence-electron chi connectivity index (χ0n) is 32.6. The van der Waals surface area contributed by atoms with Gasteiger partial charge in [0.1, 0.15) is 0 Å². The first-order chi connectivity index (χ1) is 29.3. The molecule has 0 bridgehead atoms. The first-order valence-electron chi connectivity index (χ1n) is 20.5. The van der Waals surface area contributed by atoms with Crippen LogP contribution in [-0.4, -0.2) is 0 Å². The topological polar surface area (TPSA) is 0 Å². The van der Waals surface area contributed by atoms with Gasteiger partial charge in [0.15, 0.2) is 0 Å². The van der Waals surface area contributed by atoms with Gasteiger partial charge in [0.25, 0.3) is 0 Å². The van der Waals surface area contributed by atoms with Gasteiger partial charge in [-0.1, -0.05) is 206 Å². The minimum atomic E-state index is -0.585. The molecule has 0 spiro atoms. The Morgan fingerprint density at radius 3 is 1.19 bits per heavy atom. The highest BCUT2D eigenvalue weighted by Gasteiger charge is 2.47. The predicted octanol–water partition coefficient (Wildman–Crippen LogP) is 15.5. The van der Waals surface area contributed by atoms with Crippen LogP contribution < -0.4 is 0 Å². The zero-order valence-corrected chi connectivity index (χ0v) is 32.6. The fraction of sp³-hybridized carbons (Fsp3) is 0.0169. The maximum absolute atomic E-state index is 2.53. The normalized spacial score (nSPS) is 12.5. The van der Waals surface area contributed by atoms with Crippen LogP contribution in [0.3, 0.4) is 0 Å². The van der Waals surface area contributed by atoms with E-state index >= 15 is 0 Å². The molecule has 0 saturated carbocycles. The highest BCUT2D eigenvalue weighted by atomic mass is 14.5. The molecule has 0 unspecified atom stereocenters. The van der Waals surface area contributed by atoms with Gasteiger partial charge in [-0.05, 0) is 136 Å². The van der Waals surface area contributed by atoms with Gasteiger partial charge in [0.2, 0.25) is 0 Å². The average Bonchev–Trinajstić information content (AvgIpc) is 3.63. The fourth-order valence-corrected chi connectivity index (χ4v) is 9.65. The monoisotopic (exact) mass is 748 g/mol. The lowest BCUT2D eigenvalue weighted by Crippen LogP contribution is -2.28. The standard InChI is InChI=1S/C59H40/c1-6-19-41(20-7-1)44-25-18-26-45(35-44)46-33-34-54-56(39-46)59(50-27-12-4-13-28-50,51-29-14-5-15-30-51)57-40-55(52-31-16-17-32-53(52)58(54)57)49-37-47(42-21-8-2-9-22-42)36-48(38-49)43-23-10-3-11-24-43/h1-40H. The molecule has 59 heavy (non-hydrogen) atoms. The molecule has 0 heteroatoms. The summed E-state index contributed by atoms with van der Waals surface area (Å²) in [6.07, 6.45) is 0. The van der Waals surface area contributed by atoms with Crippen molar-refractivity contribution >= 4 is 10.8 Å². The van der Waals surface area contributed by atoms with Gasteiger partial charge in [0.05, 0.1) is 5.41 Å². The fourth-order valence-electron chi connectivity index (χ4n) is 9.65. The summed E-state index contributed by atoms with van der Waals surface area (Å²) in [6.45, 7) is 0. The van der Waals surface area contributed by atoms with Gasteiger partial charge in [-0.3, -0.25) is 0 Å². The molecule has 0 aromatic heterocycles. The molecule has 10 aromatic carbocycles. The highest BCUT2D eigenvalue weighted by molar-refractivity contribution is 6.10. The molecule has 0 heterocycles. The third-order valence-corrected chi connectivity index (χ3v) is 12.3. The predicted molar refractivity (Wildman–Crippen MR) is 248 cm³/mol. The second kappa shape index (κ2) is 14.4. The van der Waals surface area contributed by atoms with Crippen LogP contribution in [0.1, 0.15) is 22.3 Å². The van der Waals surface area contributed by atoms with Crippen molar-refractivity contribution < 1.29 is 0 Å². The molecule has 0 N–H and O–H groups in total. The molecule has 0 aliphatic heterocycles. The molecule has 0 nitrogen and oxygen atoms in total. The Bertz CT molecular complexity index is 3010. The number of hydrogen-bond donors (Lipinski definition) is 0. The Labute approximate surface area is 346 Å². The number of hydrogen-bond acceptors (Lipinski definition) is 0. The van der Waals surface area contributed by atoms with Crippen LogP contribution in [0.2, 0.25) is 0 Å². The summed E-state index contributed by atoms with van der Waals surface area (Å²) >= 11 is 0. The van der Waals surface area contributed by atoms with Gasteiger partial charge in [-0.25, -0.2) is 0 Å². The SMILES string of the molecule is c1ccc(-c2cccc(-c3ccc4c(c3)C(c3ccccc3)(c3ccccc3)c3cc(-c5cc(-c6ccccc6)cc(-c6ccccc6)c5)c5ccccc5c3-4)c2)cc1. The minimum Gasteiger partial charge on any atom is -0.0622 e. The van der Waals surface area contributed by atoms with Crippen molar-refractivity contribution in [3.63, 3.8) is 0 Å². The molecule has 0 fully saturated rings. The van der Waals surface area contributed by atoms with Crippen molar-refractivity contribution in [2.45, 2.75) is 5.41 Å². The molecule has 10 aromatic rings. The van der Waals surface area contributed by atoms with Crippen molar-refractivity contribution in [1.82, 2.24) is 0 Å². The molecule has 11 rings (SSSR count). The lowest BCUT2D eigenvalue weighted by Gasteiger charge is -2.34. The summed E-state index contributed by atoms with van der Waals surface area (Å²) in [7, 11) is 0. The average molecular weight is 749 g/mol. The van der Waals surface area contributed by atoms with E-state index < -0.39 is 5.41 Å². The van der Waals surface area contributed by atoms with Crippen LogP contribution in [0.5, 0.6) is 0 Å². The Morgan fingerprint density at radius 2 is 0.627 bits per heavy atom.